The van der Waals surface area contributed by atoms with Crippen molar-refractivity contribution < 1.29 is 19.4 Å². The number of fused-ring (bicyclic) bond motifs is 1. The van der Waals surface area contributed by atoms with Crippen molar-refractivity contribution >= 4 is 28.8 Å². The summed E-state index contributed by atoms with van der Waals surface area (Å²) in [6, 6.07) is 7.26. The number of alkyl carbamates (subject to hydrolysis) is 1. The molecule has 0 saturated heterocycles. The quantitative estimate of drug-likeness (QED) is 0.806. The molecule has 0 fully saturated rings. The predicted octanol–water partition coefficient (Wildman–Crippen LogP) is 3.35. The van der Waals surface area contributed by atoms with Crippen LogP contribution in [0.4, 0.5) is 15.4 Å². The van der Waals surface area contributed by atoms with E-state index >= 15 is 0 Å². The number of anilines is 1. The van der Waals surface area contributed by atoms with Crippen LogP contribution in [0.25, 0.3) is 10.8 Å². The molecular formula is C16H19N3O4. The summed E-state index contributed by atoms with van der Waals surface area (Å²) < 4.78 is 5.17. The van der Waals surface area contributed by atoms with Crippen molar-refractivity contribution in [3.63, 3.8) is 0 Å². The average Bonchev–Trinajstić information content (AvgIpc) is 2.43. The third-order valence-electron chi connectivity index (χ3n) is 2.89. The number of benzene rings is 1. The lowest BCUT2D eigenvalue weighted by molar-refractivity contribution is 0.0523. The molecule has 0 spiro atoms. The first-order chi connectivity index (χ1) is 10.7. The highest BCUT2D eigenvalue weighted by Gasteiger charge is 2.15. The van der Waals surface area contributed by atoms with Crippen molar-refractivity contribution in [2.24, 2.45) is 0 Å². The number of nitrogens with zero attached hydrogens (tertiary/aromatic N) is 1. The van der Waals surface area contributed by atoms with E-state index in [0.29, 0.717) is 5.39 Å². The summed E-state index contributed by atoms with van der Waals surface area (Å²) >= 11 is 0. The number of pyridine rings is 1. The van der Waals surface area contributed by atoms with Crippen LogP contribution in [0.3, 0.4) is 0 Å². The van der Waals surface area contributed by atoms with Gasteiger partial charge >= 0.3 is 12.2 Å². The molecule has 0 aliphatic rings. The molecule has 1 heterocycles. The first kappa shape index (κ1) is 16.5. The van der Waals surface area contributed by atoms with E-state index in [-0.39, 0.29) is 12.4 Å². The molecular weight excluding hydrogens is 298 g/mol. The lowest BCUT2D eigenvalue weighted by Gasteiger charge is -2.19. The molecule has 7 nitrogen and oxygen atoms in total. The van der Waals surface area contributed by atoms with E-state index in [1.165, 1.54) is 6.20 Å². The normalized spacial score (nSPS) is 11.1. The zero-order valence-corrected chi connectivity index (χ0v) is 13.2. The first-order valence-electron chi connectivity index (χ1n) is 7.09. The summed E-state index contributed by atoms with van der Waals surface area (Å²) in [4.78, 5) is 26.5. The highest BCUT2D eigenvalue weighted by Crippen LogP contribution is 2.22. The Morgan fingerprint density at radius 2 is 2.00 bits per heavy atom. The van der Waals surface area contributed by atoms with Crippen molar-refractivity contribution in [3.05, 3.63) is 36.0 Å². The zero-order valence-electron chi connectivity index (χ0n) is 13.2. The maximum absolute atomic E-state index is 11.7. The maximum atomic E-state index is 11.7. The Labute approximate surface area is 133 Å². The molecule has 3 N–H and O–H groups in total. The molecule has 0 bridgehead atoms. The molecule has 2 rings (SSSR count). The number of carbonyl (C=O) groups excluding carboxylic acids is 1. The SMILES string of the molecule is CC(C)(C)OC(=O)NCc1ccc2ccnc(NC(=O)O)c2c1. The van der Waals surface area contributed by atoms with Gasteiger partial charge in [0.2, 0.25) is 0 Å². The van der Waals surface area contributed by atoms with Crippen LogP contribution in [0.5, 0.6) is 0 Å². The molecule has 0 saturated carbocycles. The van der Waals surface area contributed by atoms with Crippen LogP contribution in [0.2, 0.25) is 0 Å². The van der Waals surface area contributed by atoms with Crippen LogP contribution in [0, 0.1) is 0 Å². The van der Waals surface area contributed by atoms with Gasteiger partial charge in [-0.1, -0.05) is 12.1 Å². The van der Waals surface area contributed by atoms with Crippen LogP contribution in [-0.4, -0.2) is 27.9 Å². The molecule has 1 aromatic carbocycles. The van der Waals surface area contributed by atoms with Crippen LogP contribution in [0.15, 0.2) is 30.5 Å². The lowest BCUT2D eigenvalue weighted by Crippen LogP contribution is -2.32. The van der Waals surface area contributed by atoms with Gasteiger partial charge in [-0.05, 0) is 43.9 Å². The molecule has 1 aromatic heterocycles. The predicted molar refractivity (Wildman–Crippen MR) is 86.5 cm³/mol. The molecule has 0 unspecified atom stereocenters. The largest absolute Gasteiger partial charge is 0.465 e. The Morgan fingerprint density at radius 1 is 1.26 bits per heavy atom. The summed E-state index contributed by atoms with van der Waals surface area (Å²) in [5, 5.41) is 15.3. The smallest absolute Gasteiger partial charge is 0.410 e. The number of carbonyl (C=O) groups is 2. The van der Waals surface area contributed by atoms with Gasteiger partial charge in [0.05, 0.1) is 0 Å². The van der Waals surface area contributed by atoms with Gasteiger partial charge in [0.25, 0.3) is 0 Å². The van der Waals surface area contributed by atoms with Gasteiger partial charge in [0.1, 0.15) is 11.4 Å². The third kappa shape index (κ3) is 4.84. The van der Waals surface area contributed by atoms with Gasteiger partial charge in [-0.25, -0.2) is 14.6 Å². The highest BCUT2D eigenvalue weighted by atomic mass is 16.6. The molecule has 23 heavy (non-hydrogen) atoms. The Bertz CT molecular complexity index is 738. The van der Waals surface area contributed by atoms with Crippen molar-refractivity contribution in [1.29, 1.82) is 0 Å². The molecule has 2 aromatic rings. The summed E-state index contributed by atoms with van der Waals surface area (Å²) in [6.45, 7) is 5.64. The molecule has 0 aliphatic carbocycles. The third-order valence-corrected chi connectivity index (χ3v) is 2.89. The van der Waals surface area contributed by atoms with E-state index in [1.54, 1.807) is 32.9 Å². The summed E-state index contributed by atoms with van der Waals surface area (Å²) in [7, 11) is 0. The topological polar surface area (TPSA) is 101 Å². The van der Waals surface area contributed by atoms with Crippen molar-refractivity contribution in [3.8, 4) is 0 Å². The van der Waals surface area contributed by atoms with E-state index in [9.17, 15) is 9.59 Å². The van der Waals surface area contributed by atoms with E-state index < -0.39 is 17.8 Å². The number of aromatic nitrogens is 1. The second-order valence-electron chi connectivity index (χ2n) is 6.00. The number of amides is 2. The fraction of sp³-hybridized carbons (Fsp3) is 0.312. The van der Waals surface area contributed by atoms with Crippen LogP contribution < -0.4 is 10.6 Å². The van der Waals surface area contributed by atoms with Gasteiger partial charge in [-0.15, -0.1) is 0 Å². The molecule has 0 radical (unpaired) electrons. The Kier molecular flexibility index (Phi) is 4.68. The maximum Gasteiger partial charge on any atom is 0.410 e. The van der Waals surface area contributed by atoms with Crippen LogP contribution in [0.1, 0.15) is 26.3 Å². The average molecular weight is 317 g/mol. The minimum Gasteiger partial charge on any atom is -0.465 e. The Balaban J connectivity index is 2.16. The van der Waals surface area contributed by atoms with Crippen molar-refractivity contribution in [2.45, 2.75) is 32.9 Å². The number of nitrogens with one attached hydrogen (secondary N) is 2. The molecule has 122 valence electrons. The Morgan fingerprint density at radius 3 is 2.65 bits per heavy atom. The van der Waals surface area contributed by atoms with Gasteiger partial charge in [-0.3, -0.25) is 5.32 Å². The minimum atomic E-state index is -1.18. The lowest BCUT2D eigenvalue weighted by atomic mass is 10.1. The van der Waals surface area contributed by atoms with Gasteiger partial charge in [0.15, 0.2) is 0 Å². The van der Waals surface area contributed by atoms with Crippen molar-refractivity contribution in [1.82, 2.24) is 10.3 Å². The van der Waals surface area contributed by atoms with Crippen LogP contribution in [-0.2, 0) is 11.3 Å². The number of carboxylic acid groups (broad SMARTS) is 1. The first-order valence-corrected chi connectivity index (χ1v) is 7.09. The fourth-order valence-corrected chi connectivity index (χ4v) is 2.01. The standard InChI is InChI=1S/C16H19N3O4/c1-16(2,3)23-15(22)18-9-10-4-5-11-6-7-17-13(12(11)8-10)19-14(20)21/h4-8H,9H2,1-3H3,(H,17,19)(H,18,22)(H,20,21). The monoisotopic (exact) mass is 317 g/mol. The molecule has 2 amide bonds. The minimum absolute atomic E-state index is 0.258. The van der Waals surface area contributed by atoms with E-state index in [0.717, 1.165) is 10.9 Å². The zero-order chi connectivity index (χ0) is 17.0. The highest BCUT2D eigenvalue weighted by molar-refractivity contribution is 5.97. The molecule has 0 atom stereocenters. The van der Waals surface area contributed by atoms with Crippen LogP contribution >= 0.6 is 0 Å². The Hall–Kier alpha value is -2.83. The summed E-state index contributed by atoms with van der Waals surface area (Å²) in [5.41, 5.74) is 0.250. The van der Waals surface area contributed by atoms with Gasteiger partial charge in [-0.2, -0.15) is 0 Å². The number of rotatable bonds is 3. The van der Waals surface area contributed by atoms with E-state index in [1.807, 2.05) is 12.1 Å². The van der Waals surface area contributed by atoms with Gasteiger partial charge < -0.3 is 15.2 Å². The second kappa shape index (κ2) is 6.51. The van der Waals surface area contributed by atoms with E-state index in [4.69, 9.17) is 9.84 Å². The van der Waals surface area contributed by atoms with Gasteiger partial charge in [0, 0.05) is 18.1 Å². The number of ether oxygens (including phenoxy) is 1. The van der Waals surface area contributed by atoms with E-state index in [2.05, 4.69) is 15.6 Å². The number of hydrogen-bond donors (Lipinski definition) is 3. The second-order valence-corrected chi connectivity index (χ2v) is 6.00. The number of hydrogen-bond acceptors (Lipinski definition) is 4. The summed E-state index contributed by atoms with van der Waals surface area (Å²) in [6.07, 6.45) is -0.151. The van der Waals surface area contributed by atoms with Crippen molar-refractivity contribution in [2.75, 3.05) is 5.32 Å². The molecule has 0 aliphatic heterocycles. The summed E-state index contributed by atoms with van der Waals surface area (Å²) in [5.74, 6) is 0.258. The molecule has 7 heteroatoms. The fourth-order valence-electron chi connectivity index (χ4n) is 2.01.